The maximum Gasteiger partial charge on any atom is 0.137 e. The molecule has 18 heavy (non-hydrogen) atoms. The molecule has 2 N–H and O–H groups in total. The van der Waals surface area contributed by atoms with Crippen LogP contribution in [0.3, 0.4) is 0 Å². The van der Waals surface area contributed by atoms with Crippen molar-refractivity contribution in [3.8, 4) is 11.3 Å². The van der Waals surface area contributed by atoms with Crippen LogP contribution in [0.1, 0.15) is 11.3 Å². The van der Waals surface area contributed by atoms with E-state index in [1.165, 1.54) is 5.56 Å². The van der Waals surface area contributed by atoms with Crippen molar-refractivity contribution in [2.45, 2.75) is 13.5 Å². The molecule has 2 heterocycles. The van der Waals surface area contributed by atoms with E-state index in [9.17, 15) is 0 Å². The number of nitrogens with two attached hydrogens (primary N) is 1. The van der Waals surface area contributed by atoms with Gasteiger partial charge in [0, 0.05) is 18.3 Å². The molecular formula is C15H15N3. The molecule has 3 rings (SSSR count). The van der Waals surface area contributed by atoms with E-state index in [4.69, 9.17) is 10.7 Å². The predicted molar refractivity (Wildman–Crippen MR) is 73.3 cm³/mol. The summed E-state index contributed by atoms with van der Waals surface area (Å²) in [5, 5.41) is 0. The number of aryl methyl sites for hydroxylation is 1. The molecule has 0 unspecified atom stereocenters. The normalized spacial score (nSPS) is 11.0. The standard InChI is InChI=1S/C15H15N3/c1-11-7-8-18-13(10-16)15(17-14(18)9-11)12-5-3-2-4-6-12/h2-9H,10,16H2,1H3. The molecule has 0 aliphatic heterocycles. The fraction of sp³-hybridized carbons (Fsp3) is 0.133. The van der Waals surface area contributed by atoms with Gasteiger partial charge in [0.25, 0.3) is 0 Å². The third kappa shape index (κ3) is 1.69. The first-order valence-electron chi connectivity index (χ1n) is 6.02. The Bertz CT molecular complexity index is 684. The Morgan fingerprint density at radius 2 is 1.94 bits per heavy atom. The largest absolute Gasteiger partial charge is 0.325 e. The second-order valence-corrected chi connectivity index (χ2v) is 4.41. The summed E-state index contributed by atoms with van der Waals surface area (Å²) in [6.07, 6.45) is 2.03. The van der Waals surface area contributed by atoms with Crippen molar-refractivity contribution in [2.24, 2.45) is 5.73 Å². The molecule has 90 valence electrons. The molecule has 0 radical (unpaired) electrons. The van der Waals surface area contributed by atoms with Crippen molar-refractivity contribution in [1.29, 1.82) is 0 Å². The Balaban J connectivity index is 2.29. The lowest BCUT2D eigenvalue weighted by molar-refractivity contribution is 0.960. The van der Waals surface area contributed by atoms with Crippen LogP contribution in [-0.4, -0.2) is 9.38 Å². The van der Waals surface area contributed by atoms with Gasteiger partial charge < -0.3 is 10.1 Å². The lowest BCUT2D eigenvalue weighted by Gasteiger charge is -2.02. The van der Waals surface area contributed by atoms with Crippen LogP contribution in [0.2, 0.25) is 0 Å². The molecule has 0 aliphatic rings. The van der Waals surface area contributed by atoms with E-state index in [0.717, 1.165) is 22.6 Å². The number of aromatic nitrogens is 2. The minimum absolute atomic E-state index is 0.481. The first-order chi connectivity index (χ1) is 8.79. The van der Waals surface area contributed by atoms with Crippen molar-refractivity contribution in [2.75, 3.05) is 0 Å². The smallest absolute Gasteiger partial charge is 0.137 e. The summed E-state index contributed by atoms with van der Waals surface area (Å²) >= 11 is 0. The number of pyridine rings is 1. The highest BCUT2D eigenvalue weighted by molar-refractivity contribution is 5.66. The molecule has 1 aromatic carbocycles. The van der Waals surface area contributed by atoms with Crippen LogP contribution in [0.4, 0.5) is 0 Å². The van der Waals surface area contributed by atoms with E-state index in [0.29, 0.717) is 6.54 Å². The summed E-state index contributed by atoms with van der Waals surface area (Å²) in [5.74, 6) is 0. The molecule has 0 spiro atoms. The number of nitrogens with zero attached hydrogens (tertiary/aromatic N) is 2. The zero-order valence-corrected chi connectivity index (χ0v) is 10.3. The lowest BCUT2D eigenvalue weighted by Crippen LogP contribution is -2.02. The molecule has 0 bridgehead atoms. The van der Waals surface area contributed by atoms with Gasteiger partial charge in [0.05, 0.1) is 11.4 Å². The van der Waals surface area contributed by atoms with Gasteiger partial charge in [0.2, 0.25) is 0 Å². The van der Waals surface area contributed by atoms with E-state index in [1.54, 1.807) is 0 Å². The van der Waals surface area contributed by atoms with E-state index < -0.39 is 0 Å². The van der Waals surface area contributed by atoms with Crippen molar-refractivity contribution in [1.82, 2.24) is 9.38 Å². The molecular weight excluding hydrogens is 222 g/mol. The molecule has 0 saturated carbocycles. The first-order valence-corrected chi connectivity index (χ1v) is 6.02. The summed E-state index contributed by atoms with van der Waals surface area (Å²) in [6.45, 7) is 2.55. The highest BCUT2D eigenvalue weighted by Crippen LogP contribution is 2.24. The molecule has 0 amide bonds. The fourth-order valence-electron chi connectivity index (χ4n) is 2.22. The molecule has 3 nitrogen and oxygen atoms in total. The van der Waals surface area contributed by atoms with Crippen molar-refractivity contribution in [3.05, 3.63) is 59.9 Å². The van der Waals surface area contributed by atoms with E-state index in [2.05, 4.69) is 35.6 Å². The monoisotopic (exact) mass is 237 g/mol. The average molecular weight is 237 g/mol. The number of fused-ring (bicyclic) bond motifs is 1. The Kier molecular flexibility index (Phi) is 2.61. The molecule has 0 fully saturated rings. The van der Waals surface area contributed by atoms with Crippen LogP contribution in [0.5, 0.6) is 0 Å². The van der Waals surface area contributed by atoms with Gasteiger partial charge in [0.1, 0.15) is 5.65 Å². The van der Waals surface area contributed by atoms with Crippen molar-refractivity contribution in [3.63, 3.8) is 0 Å². The summed E-state index contributed by atoms with van der Waals surface area (Å²) in [4.78, 5) is 4.70. The SMILES string of the molecule is Cc1ccn2c(CN)c(-c3ccccc3)nc2c1. The molecule has 0 saturated heterocycles. The number of benzene rings is 1. The highest BCUT2D eigenvalue weighted by atomic mass is 15.0. The quantitative estimate of drug-likeness (QED) is 0.744. The Hall–Kier alpha value is -2.13. The molecule has 2 aromatic heterocycles. The van der Waals surface area contributed by atoms with Crippen LogP contribution in [-0.2, 0) is 6.54 Å². The minimum Gasteiger partial charge on any atom is -0.325 e. The van der Waals surface area contributed by atoms with Gasteiger partial charge >= 0.3 is 0 Å². The minimum atomic E-state index is 0.481. The molecule has 3 heteroatoms. The van der Waals surface area contributed by atoms with E-state index in [1.807, 2.05) is 24.4 Å². The van der Waals surface area contributed by atoms with Gasteiger partial charge in [0.15, 0.2) is 0 Å². The summed E-state index contributed by atoms with van der Waals surface area (Å²) in [6, 6.07) is 14.3. The topological polar surface area (TPSA) is 43.3 Å². The van der Waals surface area contributed by atoms with E-state index in [-0.39, 0.29) is 0 Å². The third-order valence-corrected chi connectivity index (χ3v) is 3.12. The van der Waals surface area contributed by atoms with E-state index >= 15 is 0 Å². The second kappa shape index (κ2) is 4.27. The van der Waals surface area contributed by atoms with Gasteiger partial charge in [-0.05, 0) is 24.6 Å². The third-order valence-electron chi connectivity index (χ3n) is 3.12. The van der Waals surface area contributed by atoms with Gasteiger partial charge in [-0.2, -0.15) is 0 Å². The molecule has 3 aromatic rings. The van der Waals surface area contributed by atoms with Crippen LogP contribution >= 0.6 is 0 Å². The average Bonchev–Trinajstić information content (AvgIpc) is 2.77. The summed E-state index contributed by atoms with van der Waals surface area (Å²) in [5.41, 5.74) is 11.2. The van der Waals surface area contributed by atoms with Gasteiger partial charge in [-0.1, -0.05) is 30.3 Å². The van der Waals surface area contributed by atoms with Crippen molar-refractivity contribution >= 4 is 5.65 Å². The Labute approximate surface area is 106 Å². The number of imidazole rings is 1. The number of rotatable bonds is 2. The van der Waals surface area contributed by atoms with Crippen LogP contribution in [0, 0.1) is 6.92 Å². The highest BCUT2D eigenvalue weighted by Gasteiger charge is 2.12. The van der Waals surface area contributed by atoms with Gasteiger partial charge in [-0.15, -0.1) is 0 Å². The summed E-state index contributed by atoms with van der Waals surface area (Å²) in [7, 11) is 0. The Morgan fingerprint density at radius 3 is 2.67 bits per heavy atom. The maximum atomic E-state index is 5.88. The molecule has 0 atom stereocenters. The summed E-state index contributed by atoms with van der Waals surface area (Å²) < 4.78 is 2.06. The van der Waals surface area contributed by atoms with Gasteiger partial charge in [-0.3, -0.25) is 0 Å². The maximum absolute atomic E-state index is 5.88. The fourth-order valence-corrected chi connectivity index (χ4v) is 2.22. The van der Waals surface area contributed by atoms with Crippen LogP contribution in [0.15, 0.2) is 48.7 Å². The van der Waals surface area contributed by atoms with Crippen molar-refractivity contribution < 1.29 is 0 Å². The zero-order valence-electron chi connectivity index (χ0n) is 10.3. The number of hydrogen-bond acceptors (Lipinski definition) is 2. The Morgan fingerprint density at radius 1 is 1.17 bits per heavy atom. The lowest BCUT2D eigenvalue weighted by atomic mass is 10.1. The number of hydrogen-bond donors (Lipinski definition) is 1. The zero-order chi connectivity index (χ0) is 12.5. The second-order valence-electron chi connectivity index (χ2n) is 4.41. The van der Waals surface area contributed by atoms with Crippen LogP contribution in [0.25, 0.3) is 16.9 Å². The van der Waals surface area contributed by atoms with Gasteiger partial charge in [-0.25, -0.2) is 4.98 Å². The molecule has 0 aliphatic carbocycles. The van der Waals surface area contributed by atoms with Crippen LogP contribution < -0.4 is 5.73 Å². The predicted octanol–water partition coefficient (Wildman–Crippen LogP) is 2.77. The first kappa shape index (κ1) is 11.0.